The first-order chi connectivity index (χ1) is 8.33. The fourth-order valence-corrected chi connectivity index (χ4v) is 2.57. The Balaban J connectivity index is 2.42. The number of ether oxygens (including phenoxy) is 1. The van der Waals surface area contributed by atoms with Gasteiger partial charge in [0.2, 0.25) is 0 Å². The van der Waals surface area contributed by atoms with Gasteiger partial charge in [-0.3, -0.25) is 0 Å². The van der Waals surface area contributed by atoms with E-state index in [0.29, 0.717) is 17.7 Å². The fourth-order valence-electron chi connectivity index (χ4n) is 1.68. The molecule has 2 heteroatoms. The van der Waals surface area contributed by atoms with Crippen LogP contribution < -0.4 is 0 Å². The fraction of sp³-hybridized carbons (Fsp3) is 0.750. The third-order valence-corrected chi connectivity index (χ3v) is 8.66. The van der Waals surface area contributed by atoms with Gasteiger partial charge in [-0.15, -0.1) is 5.54 Å². The normalized spacial score (nSPS) is 21.1. The van der Waals surface area contributed by atoms with Gasteiger partial charge in [0, 0.05) is 0 Å². The van der Waals surface area contributed by atoms with Crippen LogP contribution in [0.1, 0.15) is 46.5 Å². The van der Waals surface area contributed by atoms with Crippen molar-refractivity contribution in [1.29, 1.82) is 0 Å². The van der Waals surface area contributed by atoms with Crippen molar-refractivity contribution in [3.63, 3.8) is 0 Å². The second-order valence-corrected chi connectivity index (χ2v) is 11.7. The van der Waals surface area contributed by atoms with Gasteiger partial charge in [0.05, 0.1) is 6.10 Å². The minimum Gasteiger partial charge on any atom is -0.362 e. The molecule has 0 spiro atoms. The van der Waals surface area contributed by atoms with Gasteiger partial charge in [0.1, 0.15) is 14.7 Å². The highest BCUT2D eigenvalue weighted by Gasteiger charge is 2.33. The first-order valence-corrected chi connectivity index (χ1v) is 10.1. The van der Waals surface area contributed by atoms with Crippen LogP contribution >= 0.6 is 0 Å². The Kier molecular flexibility index (Phi) is 5.69. The van der Waals surface area contributed by atoms with Gasteiger partial charge in [0.15, 0.2) is 0 Å². The van der Waals surface area contributed by atoms with Crippen LogP contribution in [0.2, 0.25) is 18.1 Å². The maximum absolute atomic E-state index is 5.83. The summed E-state index contributed by atoms with van der Waals surface area (Å²) in [6, 6.07) is 0. The van der Waals surface area contributed by atoms with Crippen LogP contribution in [0.4, 0.5) is 0 Å². The minimum atomic E-state index is -1.46. The van der Waals surface area contributed by atoms with Gasteiger partial charge >= 0.3 is 0 Å². The highest BCUT2D eigenvalue weighted by atomic mass is 28.3. The van der Waals surface area contributed by atoms with Crippen LogP contribution in [-0.2, 0) is 4.74 Å². The molecule has 0 amide bonds. The molecule has 1 atom stereocenters. The topological polar surface area (TPSA) is 9.23 Å². The molecule has 1 nitrogen and oxygen atoms in total. The molecule has 0 aliphatic heterocycles. The summed E-state index contributed by atoms with van der Waals surface area (Å²) >= 11 is 0. The van der Waals surface area contributed by atoms with Crippen molar-refractivity contribution < 1.29 is 4.74 Å². The van der Waals surface area contributed by atoms with Crippen LogP contribution in [0.25, 0.3) is 0 Å². The quantitative estimate of drug-likeness (QED) is 0.404. The van der Waals surface area contributed by atoms with E-state index in [1.54, 1.807) is 0 Å². The first kappa shape index (κ1) is 15.5. The maximum Gasteiger partial charge on any atom is 0.137 e. The number of allylic oxidation sites excluding steroid dienone is 1. The molecule has 1 unspecified atom stereocenters. The lowest BCUT2D eigenvalue weighted by Crippen LogP contribution is -2.35. The zero-order chi connectivity index (χ0) is 13.6. The summed E-state index contributed by atoms with van der Waals surface area (Å²) in [5, 5.41) is 0.336. The lowest BCUT2D eigenvalue weighted by atomic mass is 10.2. The molecule has 102 valence electrons. The summed E-state index contributed by atoms with van der Waals surface area (Å²) in [5.74, 6) is 3.26. The second kappa shape index (κ2) is 6.59. The average Bonchev–Trinajstić information content (AvgIpc) is 2.51. The van der Waals surface area contributed by atoms with E-state index in [2.05, 4.69) is 57.5 Å². The Morgan fingerprint density at radius 1 is 1.28 bits per heavy atom. The molecule has 0 saturated heterocycles. The van der Waals surface area contributed by atoms with Crippen LogP contribution in [0.5, 0.6) is 0 Å². The van der Waals surface area contributed by atoms with E-state index in [1.165, 1.54) is 19.3 Å². The van der Waals surface area contributed by atoms with Gasteiger partial charge in [-0.25, -0.2) is 0 Å². The van der Waals surface area contributed by atoms with Crippen molar-refractivity contribution >= 4 is 8.07 Å². The van der Waals surface area contributed by atoms with Crippen molar-refractivity contribution in [2.45, 2.75) is 70.7 Å². The molecular weight excluding hydrogens is 236 g/mol. The monoisotopic (exact) mass is 264 g/mol. The lowest BCUT2D eigenvalue weighted by Gasteiger charge is -2.31. The molecule has 0 aromatic rings. The molecule has 1 rings (SSSR count). The summed E-state index contributed by atoms with van der Waals surface area (Å²) in [6.45, 7) is 12.1. The summed E-state index contributed by atoms with van der Waals surface area (Å²) in [4.78, 5) is 0. The Hall–Kier alpha value is -0.523. The Morgan fingerprint density at radius 3 is 2.67 bits per heavy atom. The highest BCUT2D eigenvalue weighted by Crippen LogP contribution is 2.35. The van der Waals surface area contributed by atoms with Crippen molar-refractivity contribution in [3.05, 3.63) is 12.2 Å². The summed E-state index contributed by atoms with van der Waals surface area (Å²) in [6.07, 6.45) is 9.67. The third-order valence-electron chi connectivity index (χ3n) is 4.11. The number of rotatable bonds is 2. The van der Waals surface area contributed by atoms with Crippen molar-refractivity contribution in [3.8, 4) is 11.5 Å². The molecule has 18 heavy (non-hydrogen) atoms. The van der Waals surface area contributed by atoms with Crippen LogP contribution in [0.3, 0.4) is 0 Å². The molecule has 0 fully saturated rings. The molecule has 1 aliphatic rings. The summed E-state index contributed by atoms with van der Waals surface area (Å²) in [7, 11) is -1.46. The Bertz CT molecular complexity index is 338. The zero-order valence-electron chi connectivity index (χ0n) is 12.7. The first-order valence-electron chi connectivity index (χ1n) is 7.11. The third kappa shape index (κ3) is 5.00. The molecule has 0 saturated carbocycles. The highest BCUT2D eigenvalue weighted by molar-refractivity contribution is 6.87. The molecule has 0 bridgehead atoms. The van der Waals surface area contributed by atoms with Crippen LogP contribution in [0.15, 0.2) is 12.2 Å². The van der Waals surface area contributed by atoms with E-state index in [0.717, 1.165) is 6.42 Å². The summed E-state index contributed by atoms with van der Waals surface area (Å²) in [5.41, 5.74) is 3.49. The molecular formula is C16H28OSi. The van der Waals surface area contributed by atoms with Crippen molar-refractivity contribution in [2.75, 3.05) is 6.61 Å². The molecule has 0 heterocycles. The summed E-state index contributed by atoms with van der Waals surface area (Å²) < 4.78 is 5.83. The average molecular weight is 264 g/mol. The predicted octanol–water partition coefficient (Wildman–Crippen LogP) is 4.55. The van der Waals surface area contributed by atoms with E-state index < -0.39 is 8.07 Å². The molecule has 0 radical (unpaired) electrons. The van der Waals surface area contributed by atoms with E-state index in [-0.39, 0.29) is 0 Å². The van der Waals surface area contributed by atoms with E-state index in [1.807, 2.05) is 0 Å². The van der Waals surface area contributed by atoms with E-state index >= 15 is 0 Å². The molecule has 0 aromatic heterocycles. The predicted molar refractivity (Wildman–Crippen MR) is 82.3 cm³/mol. The van der Waals surface area contributed by atoms with Gasteiger partial charge in [-0.05, 0) is 24.3 Å². The van der Waals surface area contributed by atoms with Gasteiger partial charge in [-0.1, -0.05) is 58.4 Å². The largest absolute Gasteiger partial charge is 0.362 e. The Labute approximate surface area is 114 Å². The smallest absolute Gasteiger partial charge is 0.137 e. The zero-order valence-corrected chi connectivity index (χ0v) is 13.7. The second-order valence-electron chi connectivity index (χ2n) is 6.74. The Morgan fingerprint density at radius 2 is 2.00 bits per heavy atom. The lowest BCUT2D eigenvalue weighted by molar-refractivity contribution is 0.106. The molecule has 0 aromatic carbocycles. The standard InChI is InChI=1S/C16H28OSi/c1-16(2,3)18(4,5)14-10-13-17-15-11-8-6-7-9-12-15/h8,11,15H,6-7,9,12-13H2,1-5H3. The van der Waals surface area contributed by atoms with Crippen molar-refractivity contribution in [2.24, 2.45) is 0 Å². The number of hydrogen-bond acceptors (Lipinski definition) is 1. The molecule has 1 aliphatic carbocycles. The van der Waals surface area contributed by atoms with E-state index in [4.69, 9.17) is 4.74 Å². The molecule has 0 N–H and O–H groups in total. The SMILES string of the molecule is CC(C)(C)[Si](C)(C)C#CCOC1C=CCCCC1. The van der Waals surface area contributed by atoms with Crippen LogP contribution in [-0.4, -0.2) is 20.8 Å². The maximum atomic E-state index is 5.83. The minimum absolute atomic E-state index is 0.293. The van der Waals surface area contributed by atoms with E-state index in [9.17, 15) is 0 Å². The van der Waals surface area contributed by atoms with Gasteiger partial charge < -0.3 is 4.74 Å². The number of hydrogen-bond donors (Lipinski definition) is 0. The van der Waals surface area contributed by atoms with Gasteiger partial charge in [0.25, 0.3) is 0 Å². The van der Waals surface area contributed by atoms with Crippen molar-refractivity contribution in [1.82, 2.24) is 0 Å². The van der Waals surface area contributed by atoms with Crippen LogP contribution in [0, 0.1) is 11.5 Å². The van der Waals surface area contributed by atoms with Gasteiger partial charge in [-0.2, -0.15) is 0 Å².